The Morgan fingerprint density at radius 2 is 2.11 bits per heavy atom. The van der Waals surface area contributed by atoms with Gasteiger partial charge in [0.05, 0.1) is 10.9 Å². The average molecular weight is 277 g/mol. The lowest BCUT2D eigenvalue weighted by Gasteiger charge is -2.32. The Balaban J connectivity index is 2.45. The molecule has 2 rings (SSSR count). The van der Waals surface area contributed by atoms with E-state index >= 15 is 0 Å². The van der Waals surface area contributed by atoms with Crippen LogP contribution in [0.4, 0.5) is 5.69 Å². The van der Waals surface area contributed by atoms with Crippen molar-refractivity contribution in [1.29, 1.82) is 0 Å². The van der Waals surface area contributed by atoms with Gasteiger partial charge in [0.1, 0.15) is 0 Å². The highest BCUT2D eigenvalue weighted by atomic mass is 32.2. The molecule has 0 bridgehead atoms. The number of ketones is 1. The second kappa shape index (κ2) is 5.78. The van der Waals surface area contributed by atoms with Crippen molar-refractivity contribution in [2.75, 3.05) is 11.4 Å². The van der Waals surface area contributed by atoms with Gasteiger partial charge in [0.25, 0.3) is 0 Å². The molecule has 0 fully saturated rings. The van der Waals surface area contributed by atoms with Gasteiger partial charge in [-0.25, -0.2) is 0 Å². The van der Waals surface area contributed by atoms with Gasteiger partial charge in [-0.2, -0.15) is 0 Å². The molecule has 1 amide bonds. The molecule has 1 aliphatic heterocycles. The Hall–Kier alpha value is -1.29. The summed E-state index contributed by atoms with van der Waals surface area (Å²) in [5.41, 5.74) is 1.60. The van der Waals surface area contributed by atoms with Crippen LogP contribution >= 0.6 is 11.8 Å². The number of benzene rings is 1. The van der Waals surface area contributed by atoms with E-state index in [1.165, 1.54) is 0 Å². The number of carbonyl (C=O) groups is 2. The predicted molar refractivity (Wildman–Crippen MR) is 79.0 cm³/mol. The number of fused-ring (bicyclic) bond motifs is 1. The van der Waals surface area contributed by atoms with Gasteiger partial charge in [-0.3, -0.25) is 9.59 Å². The SMILES string of the molecule is CCCN1C(=O)C(C)Sc2ccc(C(=O)CC)cc21. The zero-order valence-electron chi connectivity index (χ0n) is 11.6. The Kier molecular flexibility index (Phi) is 4.30. The third-order valence-electron chi connectivity index (χ3n) is 3.26. The van der Waals surface area contributed by atoms with Gasteiger partial charge in [-0.1, -0.05) is 19.9 Å². The minimum atomic E-state index is -0.0493. The number of hydrogen-bond donors (Lipinski definition) is 0. The molecular weight excluding hydrogens is 258 g/mol. The Bertz CT molecular complexity index is 513. The monoisotopic (exact) mass is 277 g/mol. The van der Waals surface area contributed by atoms with Gasteiger partial charge >= 0.3 is 0 Å². The molecule has 0 N–H and O–H groups in total. The van der Waals surface area contributed by atoms with E-state index in [1.54, 1.807) is 11.8 Å². The van der Waals surface area contributed by atoms with Gasteiger partial charge in [0, 0.05) is 23.4 Å². The van der Waals surface area contributed by atoms with Crippen molar-refractivity contribution >= 4 is 29.1 Å². The molecule has 4 heteroatoms. The quantitative estimate of drug-likeness (QED) is 0.790. The van der Waals surface area contributed by atoms with Crippen molar-refractivity contribution in [1.82, 2.24) is 0 Å². The van der Waals surface area contributed by atoms with Crippen LogP contribution in [-0.4, -0.2) is 23.5 Å². The fourth-order valence-corrected chi connectivity index (χ4v) is 3.28. The van der Waals surface area contributed by atoms with Gasteiger partial charge in [0.15, 0.2) is 5.78 Å². The van der Waals surface area contributed by atoms with E-state index in [-0.39, 0.29) is 16.9 Å². The lowest BCUT2D eigenvalue weighted by Crippen LogP contribution is -2.40. The fourth-order valence-electron chi connectivity index (χ4n) is 2.24. The highest BCUT2D eigenvalue weighted by molar-refractivity contribution is 8.00. The largest absolute Gasteiger partial charge is 0.310 e. The summed E-state index contributed by atoms with van der Waals surface area (Å²) < 4.78 is 0. The Morgan fingerprint density at radius 3 is 2.74 bits per heavy atom. The molecule has 1 aromatic rings. The standard InChI is InChI=1S/C15H19NO2S/c1-4-8-16-12-9-11(13(17)5-2)6-7-14(12)19-10(3)15(16)18/h6-7,9-10H,4-5,8H2,1-3H3. The zero-order valence-corrected chi connectivity index (χ0v) is 12.4. The Morgan fingerprint density at radius 1 is 1.37 bits per heavy atom. The number of hydrogen-bond acceptors (Lipinski definition) is 3. The molecule has 0 saturated carbocycles. The van der Waals surface area contributed by atoms with Gasteiger partial charge < -0.3 is 4.90 Å². The lowest BCUT2D eigenvalue weighted by atomic mass is 10.1. The minimum Gasteiger partial charge on any atom is -0.310 e. The highest BCUT2D eigenvalue weighted by Gasteiger charge is 2.30. The van der Waals surface area contributed by atoms with Crippen molar-refractivity contribution in [3.63, 3.8) is 0 Å². The number of thioether (sulfide) groups is 1. The van der Waals surface area contributed by atoms with E-state index in [4.69, 9.17) is 0 Å². The van der Waals surface area contributed by atoms with E-state index in [1.807, 2.05) is 36.9 Å². The van der Waals surface area contributed by atoms with Crippen molar-refractivity contribution < 1.29 is 9.59 Å². The first kappa shape index (κ1) is 14.1. The number of anilines is 1. The number of carbonyl (C=O) groups excluding carboxylic acids is 2. The van der Waals surface area contributed by atoms with Crippen LogP contribution < -0.4 is 4.90 Å². The molecule has 1 aliphatic rings. The summed E-state index contributed by atoms with van der Waals surface area (Å²) in [7, 11) is 0. The first-order valence-corrected chi connectivity index (χ1v) is 7.61. The van der Waals surface area contributed by atoms with E-state index < -0.39 is 0 Å². The molecular formula is C15H19NO2S. The molecule has 1 atom stereocenters. The van der Waals surface area contributed by atoms with E-state index in [0.29, 0.717) is 18.5 Å². The van der Waals surface area contributed by atoms with Crippen molar-refractivity contribution in [3.05, 3.63) is 23.8 Å². The third kappa shape index (κ3) is 2.68. The molecule has 0 radical (unpaired) electrons. The molecule has 3 nitrogen and oxygen atoms in total. The van der Waals surface area contributed by atoms with E-state index in [0.717, 1.165) is 17.0 Å². The van der Waals surface area contributed by atoms with Crippen LogP contribution in [0.3, 0.4) is 0 Å². The average Bonchev–Trinajstić information content (AvgIpc) is 2.42. The predicted octanol–water partition coefficient (Wildman–Crippen LogP) is 3.52. The maximum absolute atomic E-state index is 12.2. The third-order valence-corrected chi connectivity index (χ3v) is 4.41. The maximum Gasteiger partial charge on any atom is 0.240 e. The molecule has 1 heterocycles. The number of Topliss-reactive ketones (excluding diaryl/α,β-unsaturated/α-hetero) is 1. The molecule has 0 aromatic heterocycles. The molecule has 0 aliphatic carbocycles. The summed E-state index contributed by atoms with van der Waals surface area (Å²) in [6, 6.07) is 5.70. The zero-order chi connectivity index (χ0) is 14.0. The lowest BCUT2D eigenvalue weighted by molar-refractivity contribution is -0.118. The fraction of sp³-hybridized carbons (Fsp3) is 0.467. The summed E-state index contributed by atoms with van der Waals surface area (Å²) >= 11 is 1.58. The van der Waals surface area contributed by atoms with Crippen LogP contribution in [0.15, 0.2) is 23.1 Å². The van der Waals surface area contributed by atoms with E-state index in [2.05, 4.69) is 6.92 Å². The highest BCUT2D eigenvalue weighted by Crippen LogP contribution is 2.39. The summed E-state index contributed by atoms with van der Waals surface area (Å²) in [6.45, 7) is 6.55. The molecule has 0 saturated heterocycles. The van der Waals surface area contributed by atoms with Crippen LogP contribution in [0.1, 0.15) is 44.0 Å². The summed E-state index contributed by atoms with van der Waals surface area (Å²) in [5, 5.41) is -0.0493. The Labute approximate surface area is 118 Å². The van der Waals surface area contributed by atoms with Crippen molar-refractivity contribution in [2.24, 2.45) is 0 Å². The van der Waals surface area contributed by atoms with E-state index in [9.17, 15) is 9.59 Å². The van der Waals surface area contributed by atoms with Gasteiger partial charge in [-0.15, -0.1) is 11.8 Å². The normalized spacial score (nSPS) is 18.4. The topological polar surface area (TPSA) is 37.4 Å². The van der Waals surface area contributed by atoms with Crippen molar-refractivity contribution in [2.45, 2.75) is 43.8 Å². The first-order chi connectivity index (χ1) is 9.08. The number of nitrogens with zero attached hydrogens (tertiary/aromatic N) is 1. The van der Waals surface area contributed by atoms with Crippen LogP contribution in [0.25, 0.3) is 0 Å². The number of amides is 1. The smallest absolute Gasteiger partial charge is 0.240 e. The molecule has 1 unspecified atom stereocenters. The first-order valence-electron chi connectivity index (χ1n) is 6.73. The second-order valence-electron chi connectivity index (χ2n) is 4.71. The minimum absolute atomic E-state index is 0.0493. The molecule has 102 valence electrons. The summed E-state index contributed by atoms with van der Waals surface area (Å²) in [6.07, 6.45) is 1.40. The van der Waals surface area contributed by atoms with Gasteiger partial charge in [-0.05, 0) is 25.5 Å². The van der Waals surface area contributed by atoms with Crippen LogP contribution in [0.2, 0.25) is 0 Å². The maximum atomic E-state index is 12.2. The molecule has 1 aromatic carbocycles. The second-order valence-corrected chi connectivity index (χ2v) is 6.09. The van der Waals surface area contributed by atoms with Crippen LogP contribution in [0.5, 0.6) is 0 Å². The number of rotatable bonds is 4. The molecule has 19 heavy (non-hydrogen) atoms. The molecule has 0 spiro atoms. The summed E-state index contributed by atoms with van der Waals surface area (Å²) in [5.74, 6) is 0.260. The van der Waals surface area contributed by atoms with Crippen molar-refractivity contribution in [3.8, 4) is 0 Å². The van der Waals surface area contributed by atoms with Crippen LogP contribution in [0, 0.1) is 0 Å². The summed E-state index contributed by atoms with van der Waals surface area (Å²) in [4.78, 5) is 27.0. The van der Waals surface area contributed by atoms with Gasteiger partial charge in [0.2, 0.25) is 5.91 Å². The van der Waals surface area contributed by atoms with Crippen LogP contribution in [-0.2, 0) is 4.79 Å².